The van der Waals surface area contributed by atoms with E-state index >= 15 is 0 Å². The van der Waals surface area contributed by atoms with Crippen molar-refractivity contribution in [1.82, 2.24) is 0 Å². The topological polar surface area (TPSA) is 90.2 Å². The molecule has 0 aliphatic heterocycles. The van der Waals surface area contributed by atoms with Crippen LogP contribution in [-0.4, -0.2) is 58.6 Å². The molecule has 3 atom stereocenters. The lowest BCUT2D eigenvalue weighted by molar-refractivity contribution is -0.0351. The van der Waals surface area contributed by atoms with Gasteiger partial charge in [-0.05, 0) is 6.42 Å². The molecule has 0 heterocycles. The molecule has 0 fully saturated rings. The smallest absolute Gasteiger partial charge is 0.100 e. The molecule has 0 aromatic heterocycles. The van der Waals surface area contributed by atoms with Gasteiger partial charge in [0.25, 0.3) is 0 Å². The Hall–Kier alpha value is -0.200. The molecule has 0 saturated carbocycles. The monoisotopic (exact) mass is 208 g/mol. The van der Waals surface area contributed by atoms with E-state index in [0.29, 0.717) is 6.42 Å². The van der Waals surface area contributed by atoms with Gasteiger partial charge in [-0.3, -0.25) is 0 Å². The predicted octanol–water partition coefficient (Wildman–Crippen LogP) is -1.12. The lowest BCUT2D eigenvalue weighted by Gasteiger charge is -2.15. The highest BCUT2D eigenvalue weighted by Gasteiger charge is 2.11. The van der Waals surface area contributed by atoms with Crippen LogP contribution in [0.25, 0.3) is 0 Å². The normalized spacial score (nSPS) is 17.8. The van der Waals surface area contributed by atoms with Crippen molar-refractivity contribution in [3.8, 4) is 0 Å². The van der Waals surface area contributed by atoms with Gasteiger partial charge in [-0.1, -0.05) is 6.92 Å². The van der Waals surface area contributed by atoms with Gasteiger partial charge >= 0.3 is 0 Å². The van der Waals surface area contributed by atoms with Crippen LogP contribution in [0.5, 0.6) is 0 Å². The van der Waals surface area contributed by atoms with Gasteiger partial charge < -0.3 is 25.2 Å². The van der Waals surface area contributed by atoms with E-state index in [9.17, 15) is 10.2 Å². The van der Waals surface area contributed by atoms with Crippen LogP contribution >= 0.6 is 0 Å². The summed E-state index contributed by atoms with van der Waals surface area (Å²) in [5.41, 5.74) is 0. The van der Waals surface area contributed by atoms with Crippen LogP contribution in [0.15, 0.2) is 0 Å². The quantitative estimate of drug-likeness (QED) is 0.405. The number of hydrogen-bond acceptors (Lipinski definition) is 5. The minimum absolute atomic E-state index is 0.00419. The van der Waals surface area contributed by atoms with E-state index in [4.69, 9.17) is 14.9 Å². The first-order valence-corrected chi connectivity index (χ1v) is 4.82. The third-order valence-corrected chi connectivity index (χ3v) is 1.85. The highest BCUT2D eigenvalue weighted by Crippen LogP contribution is 2.02. The van der Waals surface area contributed by atoms with E-state index in [1.54, 1.807) is 0 Å². The van der Waals surface area contributed by atoms with Crippen LogP contribution in [-0.2, 0) is 4.74 Å². The summed E-state index contributed by atoms with van der Waals surface area (Å²) < 4.78 is 4.92. The van der Waals surface area contributed by atoms with Crippen LogP contribution in [0.1, 0.15) is 19.8 Å². The Bertz CT molecular complexity index is 130. The Morgan fingerprint density at radius 3 is 2.07 bits per heavy atom. The fourth-order valence-electron chi connectivity index (χ4n) is 0.942. The van der Waals surface area contributed by atoms with Crippen molar-refractivity contribution >= 4 is 0 Å². The lowest BCUT2D eigenvalue weighted by Crippen LogP contribution is -2.26. The van der Waals surface area contributed by atoms with Gasteiger partial charge in [-0.15, -0.1) is 0 Å². The average Bonchev–Trinajstić information content (AvgIpc) is 2.17. The highest BCUT2D eigenvalue weighted by molar-refractivity contribution is 4.61. The number of hydrogen-bond donors (Lipinski definition) is 4. The van der Waals surface area contributed by atoms with Gasteiger partial charge in [0.2, 0.25) is 0 Å². The van der Waals surface area contributed by atoms with E-state index in [2.05, 4.69) is 0 Å². The van der Waals surface area contributed by atoms with Crippen molar-refractivity contribution < 1.29 is 25.2 Å². The molecule has 0 rings (SSSR count). The van der Waals surface area contributed by atoms with Crippen molar-refractivity contribution in [2.75, 3.05) is 19.8 Å². The zero-order chi connectivity index (χ0) is 11.0. The van der Waals surface area contributed by atoms with Gasteiger partial charge in [0.05, 0.1) is 32.0 Å². The minimum atomic E-state index is -0.904. The van der Waals surface area contributed by atoms with Crippen LogP contribution < -0.4 is 0 Å². The fraction of sp³-hybridized carbons (Fsp3) is 1.00. The largest absolute Gasteiger partial charge is 0.394 e. The molecule has 4 N–H and O–H groups in total. The van der Waals surface area contributed by atoms with Gasteiger partial charge in [-0.2, -0.15) is 0 Å². The summed E-state index contributed by atoms with van der Waals surface area (Å²) in [6.45, 7) is 1.53. The van der Waals surface area contributed by atoms with E-state index < -0.39 is 18.3 Å². The molecule has 0 radical (unpaired) electrons. The Morgan fingerprint density at radius 1 is 1.00 bits per heavy atom. The molecule has 3 unspecified atom stereocenters. The summed E-state index contributed by atoms with van der Waals surface area (Å²) >= 11 is 0. The van der Waals surface area contributed by atoms with Crippen molar-refractivity contribution in [3.05, 3.63) is 0 Å². The first-order chi connectivity index (χ1) is 6.60. The van der Waals surface area contributed by atoms with Crippen LogP contribution in [0, 0.1) is 0 Å². The van der Waals surface area contributed by atoms with Gasteiger partial charge in [-0.25, -0.2) is 0 Å². The maximum Gasteiger partial charge on any atom is 0.100 e. The summed E-state index contributed by atoms with van der Waals surface area (Å²) in [4.78, 5) is 0. The lowest BCUT2D eigenvalue weighted by atomic mass is 10.1. The molecule has 0 aliphatic carbocycles. The van der Waals surface area contributed by atoms with Crippen molar-refractivity contribution in [1.29, 1.82) is 0 Å². The Kier molecular flexibility index (Phi) is 8.02. The summed E-state index contributed by atoms with van der Waals surface area (Å²) in [6, 6.07) is 0. The summed E-state index contributed by atoms with van der Waals surface area (Å²) in [5, 5.41) is 35.8. The third kappa shape index (κ3) is 7.23. The number of aliphatic hydroxyl groups is 4. The van der Waals surface area contributed by atoms with E-state index in [0.717, 1.165) is 0 Å². The van der Waals surface area contributed by atoms with Crippen molar-refractivity contribution in [3.63, 3.8) is 0 Å². The zero-order valence-corrected chi connectivity index (χ0v) is 8.46. The molecular weight excluding hydrogens is 188 g/mol. The van der Waals surface area contributed by atoms with Crippen molar-refractivity contribution in [2.45, 2.75) is 38.1 Å². The molecule has 5 heteroatoms. The Labute approximate surface area is 83.9 Å². The van der Waals surface area contributed by atoms with E-state index in [1.807, 2.05) is 6.92 Å². The summed E-state index contributed by atoms with van der Waals surface area (Å²) in [7, 11) is 0. The second-order valence-corrected chi connectivity index (χ2v) is 3.33. The molecule has 0 bridgehead atoms. The molecule has 0 aromatic rings. The number of ether oxygens (including phenoxy) is 1. The SMILES string of the molecule is CCC(O)CC(O)COCC(O)CO. The van der Waals surface area contributed by atoms with Gasteiger partial charge in [0, 0.05) is 6.42 Å². The van der Waals surface area contributed by atoms with Crippen LogP contribution in [0.3, 0.4) is 0 Å². The number of aliphatic hydroxyl groups excluding tert-OH is 4. The maximum absolute atomic E-state index is 9.31. The van der Waals surface area contributed by atoms with Crippen molar-refractivity contribution in [2.24, 2.45) is 0 Å². The second-order valence-electron chi connectivity index (χ2n) is 3.33. The maximum atomic E-state index is 9.31. The van der Waals surface area contributed by atoms with Gasteiger partial charge in [0.1, 0.15) is 6.10 Å². The first-order valence-electron chi connectivity index (χ1n) is 4.82. The molecule has 0 amide bonds. The van der Waals surface area contributed by atoms with Crippen LogP contribution in [0.4, 0.5) is 0 Å². The molecular formula is C9H20O5. The number of rotatable bonds is 8. The third-order valence-electron chi connectivity index (χ3n) is 1.85. The molecule has 0 saturated heterocycles. The minimum Gasteiger partial charge on any atom is -0.394 e. The molecule has 14 heavy (non-hydrogen) atoms. The van der Waals surface area contributed by atoms with E-state index in [-0.39, 0.29) is 26.2 Å². The predicted molar refractivity (Wildman–Crippen MR) is 50.8 cm³/mol. The first kappa shape index (κ1) is 13.8. The average molecular weight is 208 g/mol. The summed E-state index contributed by atoms with van der Waals surface area (Å²) in [5.74, 6) is 0. The molecule has 0 aliphatic rings. The highest BCUT2D eigenvalue weighted by atomic mass is 16.5. The second kappa shape index (κ2) is 8.14. The summed E-state index contributed by atoms with van der Waals surface area (Å²) in [6.07, 6.45) is -1.28. The Morgan fingerprint density at radius 2 is 1.57 bits per heavy atom. The van der Waals surface area contributed by atoms with E-state index in [1.165, 1.54) is 0 Å². The standard InChI is InChI=1S/C9H20O5/c1-2-7(11)3-8(12)5-14-6-9(13)4-10/h7-13H,2-6H2,1H3. The zero-order valence-electron chi connectivity index (χ0n) is 8.46. The molecule has 0 aromatic carbocycles. The fourth-order valence-corrected chi connectivity index (χ4v) is 0.942. The molecule has 0 spiro atoms. The molecule has 5 nitrogen and oxygen atoms in total. The van der Waals surface area contributed by atoms with Crippen LogP contribution in [0.2, 0.25) is 0 Å². The van der Waals surface area contributed by atoms with Gasteiger partial charge in [0.15, 0.2) is 0 Å². The molecule has 86 valence electrons. The Balaban J connectivity index is 3.39.